The number of aryl methyl sites for hydroxylation is 2. The van der Waals surface area contributed by atoms with Gasteiger partial charge in [0.1, 0.15) is 11.9 Å². The van der Waals surface area contributed by atoms with Crippen LogP contribution in [0.4, 0.5) is 5.69 Å². The molecule has 2 nitrogen and oxygen atoms in total. The highest BCUT2D eigenvalue weighted by Gasteiger charge is 2.28. The van der Waals surface area contributed by atoms with Gasteiger partial charge in [-0.2, -0.15) is 0 Å². The van der Waals surface area contributed by atoms with Crippen LogP contribution in [-0.2, 0) is 6.42 Å². The summed E-state index contributed by atoms with van der Waals surface area (Å²) in [6.07, 6.45) is 1.07. The lowest BCUT2D eigenvalue weighted by molar-refractivity contribution is 0.176. The zero-order valence-electron chi connectivity index (χ0n) is 12.6. The number of rotatable bonds is 2. The fraction of sp³-hybridized carbons (Fsp3) is 0.333. The van der Waals surface area contributed by atoms with Gasteiger partial charge in [-0.3, -0.25) is 0 Å². The number of ether oxygens (including phenoxy) is 1. The molecule has 0 fully saturated rings. The van der Waals surface area contributed by atoms with Crippen molar-refractivity contribution >= 4 is 17.3 Å². The van der Waals surface area contributed by atoms with E-state index in [4.69, 9.17) is 16.3 Å². The maximum atomic E-state index is 6.27. The monoisotopic (exact) mass is 301 g/mol. The zero-order chi connectivity index (χ0) is 15.0. The Bertz CT molecular complexity index is 651. The van der Waals surface area contributed by atoms with Crippen molar-refractivity contribution in [1.82, 2.24) is 0 Å². The molecule has 21 heavy (non-hydrogen) atoms. The second-order valence-corrected chi connectivity index (χ2v) is 6.10. The number of benzene rings is 2. The molecule has 0 saturated heterocycles. The average molecular weight is 302 g/mol. The minimum absolute atomic E-state index is 0.0169. The molecule has 1 heterocycles. The van der Waals surface area contributed by atoms with Crippen molar-refractivity contribution in [3.8, 4) is 5.75 Å². The summed E-state index contributed by atoms with van der Waals surface area (Å²) < 4.78 is 6.27. The third kappa shape index (κ3) is 2.73. The molecular formula is C18H20ClNO. The van der Waals surface area contributed by atoms with Gasteiger partial charge < -0.3 is 10.1 Å². The zero-order valence-corrected chi connectivity index (χ0v) is 13.4. The van der Waals surface area contributed by atoms with Gasteiger partial charge >= 0.3 is 0 Å². The number of anilines is 1. The molecule has 2 atom stereocenters. The average Bonchev–Trinajstić information content (AvgIpc) is 2.46. The van der Waals surface area contributed by atoms with E-state index >= 15 is 0 Å². The second kappa shape index (κ2) is 5.61. The van der Waals surface area contributed by atoms with Gasteiger partial charge in [-0.25, -0.2) is 0 Å². The predicted molar refractivity (Wildman–Crippen MR) is 88.5 cm³/mol. The van der Waals surface area contributed by atoms with Crippen LogP contribution in [0.1, 0.15) is 36.6 Å². The van der Waals surface area contributed by atoms with E-state index in [1.54, 1.807) is 0 Å². The van der Waals surface area contributed by atoms with Gasteiger partial charge in [0.2, 0.25) is 0 Å². The van der Waals surface area contributed by atoms with E-state index in [1.807, 2.05) is 19.1 Å². The van der Waals surface area contributed by atoms with E-state index in [2.05, 4.69) is 43.4 Å². The molecule has 0 aliphatic carbocycles. The second-order valence-electron chi connectivity index (χ2n) is 5.67. The quantitative estimate of drug-likeness (QED) is 0.828. The molecule has 2 aromatic rings. The Morgan fingerprint density at radius 2 is 1.90 bits per heavy atom. The number of fused-ring (bicyclic) bond motifs is 1. The first kappa shape index (κ1) is 14.3. The van der Waals surface area contributed by atoms with E-state index in [1.165, 1.54) is 11.1 Å². The van der Waals surface area contributed by atoms with E-state index < -0.39 is 0 Å². The van der Waals surface area contributed by atoms with Crippen molar-refractivity contribution in [1.29, 1.82) is 0 Å². The van der Waals surface area contributed by atoms with Gasteiger partial charge in [0.15, 0.2) is 0 Å². The number of hydrogen-bond donors (Lipinski definition) is 1. The molecule has 0 radical (unpaired) electrons. The Kier molecular flexibility index (Phi) is 3.81. The third-order valence-corrected chi connectivity index (χ3v) is 4.26. The summed E-state index contributed by atoms with van der Waals surface area (Å²) in [4.78, 5) is 0. The largest absolute Gasteiger partial charge is 0.481 e. The van der Waals surface area contributed by atoms with Gasteiger partial charge in [-0.15, -0.1) is 0 Å². The summed E-state index contributed by atoms with van der Waals surface area (Å²) in [6, 6.07) is 12.7. The maximum Gasteiger partial charge on any atom is 0.146 e. The van der Waals surface area contributed by atoms with Crippen LogP contribution in [-0.4, -0.2) is 6.04 Å². The molecule has 1 aliphatic heterocycles. The molecule has 0 aromatic heterocycles. The number of hydrogen-bond acceptors (Lipinski definition) is 2. The van der Waals surface area contributed by atoms with Crippen LogP contribution in [0.25, 0.3) is 0 Å². The lowest BCUT2D eigenvalue weighted by Gasteiger charge is -2.34. The van der Waals surface area contributed by atoms with Crippen molar-refractivity contribution in [2.75, 3.05) is 5.32 Å². The molecule has 0 saturated carbocycles. The van der Waals surface area contributed by atoms with Crippen LogP contribution in [0.5, 0.6) is 5.75 Å². The van der Waals surface area contributed by atoms with Crippen molar-refractivity contribution in [3.63, 3.8) is 0 Å². The Labute approximate surface area is 131 Å². The van der Waals surface area contributed by atoms with Gasteiger partial charge in [0.05, 0.1) is 11.7 Å². The van der Waals surface area contributed by atoms with E-state index in [-0.39, 0.29) is 12.1 Å². The minimum Gasteiger partial charge on any atom is -0.481 e. The van der Waals surface area contributed by atoms with Crippen molar-refractivity contribution in [2.45, 2.75) is 39.3 Å². The molecule has 2 unspecified atom stereocenters. The summed E-state index contributed by atoms with van der Waals surface area (Å²) in [5.74, 6) is 0.905. The number of nitrogens with one attached hydrogen (secondary N) is 1. The summed E-state index contributed by atoms with van der Waals surface area (Å²) in [6.45, 7) is 6.33. The molecule has 110 valence electrons. The topological polar surface area (TPSA) is 21.3 Å². The first-order valence-corrected chi connectivity index (χ1v) is 7.78. The first-order chi connectivity index (χ1) is 10.1. The predicted octanol–water partition coefficient (Wildman–Crippen LogP) is 5.14. The Balaban J connectivity index is 1.94. The molecule has 0 spiro atoms. The van der Waals surface area contributed by atoms with Gasteiger partial charge in [0.25, 0.3) is 0 Å². The molecular weight excluding hydrogens is 282 g/mol. The SMILES string of the molecule is CCc1ccc(C2Oc3c(C)cc(Cl)cc3NC2C)cc1. The smallest absolute Gasteiger partial charge is 0.146 e. The fourth-order valence-corrected chi connectivity index (χ4v) is 3.12. The van der Waals surface area contributed by atoms with Crippen LogP contribution in [0.15, 0.2) is 36.4 Å². The summed E-state index contributed by atoms with van der Waals surface area (Å²) in [7, 11) is 0. The standard InChI is InChI=1S/C18H20ClNO/c1-4-13-5-7-14(8-6-13)18-12(3)20-16-10-15(19)9-11(2)17(16)21-18/h5-10,12,18,20H,4H2,1-3H3. The Hall–Kier alpha value is -1.67. The summed E-state index contributed by atoms with van der Waals surface area (Å²) >= 11 is 6.12. The van der Waals surface area contributed by atoms with Gasteiger partial charge in [0, 0.05) is 5.02 Å². The van der Waals surface area contributed by atoms with Gasteiger partial charge in [-0.1, -0.05) is 42.8 Å². The Morgan fingerprint density at radius 3 is 2.57 bits per heavy atom. The fourth-order valence-electron chi connectivity index (χ4n) is 2.84. The van der Waals surface area contributed by atoms with Crippen LogP contribution >= 0.6 is 11.6 Å². The summed E-state index contributed by atoms with van der Waals surface area (Å²) in [5, 5.41) is 4.25. The van der Waals surface area contributed by atoms with Crippen molar-refractivity contribution in [2.24, 2.45) is 0 Å². The molecule has 1 aliphatic rings. The molecule has 3 rings (SSSR count). The van der Waals surface area contributed by atoms with Crippen LogP contribution in [0.2, 0.25) is 5.02 Å². The van der Waals surface area contributed by atoms with E-state index in [0.29, 0.717) is 0 Å². The molecule has 1 N–H and O–H groups in total. The molecule has 2 aromatic carbocycles. The highest BCUT2D eigenvalue weighted by atomic mass is 35.5. The molecule has 3 heteroatoms. The van der Waals surface area contributed by atoms with Crippen molar-refractivity contribution < 1.29 is 4.74 Å². The first-order valence-electron chi connectivity index (χ1n) is 7.40. The van der Waals surface area contributed by atoms with Crippen LogP contribution in [0.3, 0.4) is 0 Å². The lowest BCUT2D eigenvalue weighted by atomic mass is 9.98. The molecule has 0 amide bonds. The maximum absolute atomic E-state index is 6.27. The highest BCUT2D eigenvalue weighted by Crippen LogP contribution is 2.41. The van der Waals surface area contributed by atoms with Crippen LogP contribution < -0.4 is 10.1 Å². The minimum atomic E-state index is 0.0169. The Morgan fingerprint density at radius 1 is 1.19 bits per heavy atom. The number of halogens is 1. The third-order valence-electron chi connectivity index (χ3n) is 4.04. The van der Waals surface area contributed by atoms with Crippen molar-refractivity contribution in [3.05, 3.63) is 58.1 Å². The molecule has 0 bridgehead atoms. The van der Waals surface area contributed by atoms with Gasteiger partial charge in [-0.05, 0) is 49.1 Å². The van der Waals surface area contributed by atoms with E-state index in [9.17, 15) is 0 Å². The van der Waals surface area contributed by atoms with Crippen LogP contribution in [0, 0.1) is 6.92 Å². The summed E-state index contributed by atoms with van der Waals surface area (Å²) in [5.41, 5.74) is 4.59. The normalized spacial score (nSPS) is 20.4. The van der Waals surface area contributed by atoms with E-state index in [0.717, 1.165) is 28.4 Å². The highest BCUT2D eigenvalue weighted by molar-refractivity contribution is 6.31. The lowest BCUT2D eigenvalue weighted by Crippen LogP contribution is -2.32.